The van der Waals surface area contributed by atoms with Gasteiger partial charge in [-0.25, -0.2) is 22.9 Å². The molecule has 0 bridgehead atoms. The minimum absolute atomic E-state index is 0.0122. The molecule has 0 saturated heterocycles. The van der Waals surface area contributed by atoms with Crippen molar-refractivity contribution in [2.24, 2.45) is 10.7 Å². The van der Waals surface area contributed by atoms with Gasteiger partial charge in [0.25, 0.3) is 6.43 Å². The third-order valence-electron chi connectivity index (χ3n) is 3.75. The number of benzene rings is 1. The van der Waals surface area contributed by atoms with Gasteiger partial charge in [-0.3, -0.25) is 4.99 Å². The highest BCUT2D eigenvalue weighted by molar-refractivity contribution is 9.10. The number of halogens is 5. The number of amidine groups is 1. The molecule has 1 aromatic carbocycles. The Hall–Kier alpha value is -2.37. The molecule has 0 unspecified atom stereocenters. The largest absolute Gasteiger partial charge is 0.476 e. The molecule has 0 aliphatic carbocycles. The average molecular weight is 496 g/mol. The maximum atomic E-state index is 14.1. The van der Waals surface area contributed by atoms with E-state index in [-0.39, 0.29) is 38.9 Å². The van der Waals surface area contributed by atoms with Crippen LogP contribution in [0.25, 0.3) is 0 Å². The van der Waals surface area contributed by atoms with E-state index in [1.54, 1.807) is 6.07 Å². The van der Waals surface area contributed by atoms with Crippen LogP contribution in [-0.4, -0.2) is 41.5 Å². The third-order valence-corrected chi connectivity index (χ3v) is 4.64. The van der Waals surface area contributed by atoms with E-state index >= 15 is 0 Å². The fraction of sp³-hybridized carbons (Fsp3) is 0.235. The highest BCUT2D eigenvalue weighted by Gasteiger charge is 2.46. The fourth-order valence-corrected chi connectivity index (χ4v) is 3.15. The Kier molecular flexibility index (Phi) is 7.44. The Morgan fingerprint density at radius 2 is 2.07 bits per heavy atom. The summed E-state index contributed by atoms with van der Waals surface area (Å²) >= 11 is 8.41. The van der Waals surface area contributed by atoms with Gasteiger partial charge in [0.2, 0.25) is 0 Å². The van der Waals surface area contributed by atoms with E-state index in [0.29, 0.717) is 0 Å². The lowest BCUT2D eigenvalue weighted by atomic mass is 9.90. The molecule has 156 valence electrons. The van der Waals surface area contributed by atoms with Crippen molar-refractivity contribution in [3.05, 3.63) is 57.0 Å². The molecule has 2 aromatic rings. The Labute approximate surface area is 176 Å². The molecule has 1 aromatic heterocycles. The number of nitrogens with zero attached hydrogens (tertiary/aromatic N) is 2. The van der Waals surface area contributed by atoms with Crippen molar-refractivity contribution in [3.63, 3.8) is 0 Å². The summed E-state index contributed by atoms with van der Waals surface area (Å²) in [5.41, 5.74) is 8.54. The Bertz CT molecular complexity index is 948. The lowest BCUT2D eigenvalue weighted by Crippen LogP contribution is -2.45. The summed E-state index contributed by atoms with van der Waals surface area (Å²) in [5.74, 6) is -2.06. The number of ether oxygens (including phenoxy) is 1. The normalized spacial score (nSPS) is 18.6. The SMILES string of the molecule is NC1=N[C@@](c2cc(N)cc(Br)c2F)(C(F)F)COC1.O=C(O)c1ncccc1Cl. The van der Waals surface area contributed by atoms with Crippen LogP contribution in [-0.2, 0) is 10.3 Å². The molecular weight excluding hydrogens is 481 g/mol. The van der Waals surface area contributed by atoms with Crippen LogP contribution < -0.4 is 11.5 Å². The van der Waals surface area contributed by atoms with Gasteiger partial charge in [0.1, 0.15) is 18.3 Å². The Balaban J connectivity index is 0.000000253. The Morgan fingerprint density at radius 3 is 2.59 bits per heavy atom. The Morgan fingerprint density at radius 1 is 1.38 bits per heavy atom. The average Bonchev–Trinajstić information content (AvgIpc) is 2.65. The van der Waals surface area contributed by atoms with E-state index < -0.39 is 30.4 Å². The molecule has 7 nitrogen and oxygen atoms in total. The zero-order chi connectivity index (χ0) is 21.8. The van der Waals surface area contributed by atoms with Crippen molar-refractivity contribution >= 4 is 45.0 Å². The number of hydrogen-bond donors (Lipinski definition) is 3. The van der Waals surface area contributed by atoms with Crippen molar-refractivity contribution in [2.75, 3.05) is 18.9 Å². The van der Waals surface area contributed by atoms with Gasteiger partial charge in [-0.2, -0.15) is 0 Å². The van der Waals surface area contributed by atoms with Gasteiger partial charge >= 0.3 is 5.97 Å². The highest BCUT2D eigenvalue weighted by Crippen LogP contribution is 2.39. The summed E-state index contributed by atoms with van der Waals surface area (Å²) in [7, 11) is 0. The number of alkyl halides is 2. The van der Waals surface area contributed by atoms with E-state index in [9.17, 15) is 18.0 Å². The lowest BCUT2D eigenvalue weighted by Gasteiger charge is -2.33. The first kappa shape index (κ1) is 22.9. The first-order chi connectivity index (χ1) is 13.6. The van der Waals surface area contributed by atoms with Gasteiger partial charge in [-0.05, 0) is 40.2 Å². The molecule has 0 saturated carbocycles. The molecule has 1 atom stereocenters. The smallest absolute Gasteiger partial charge is 0.356 e. The molecule has 1 aliphatic heterocycles. The van der Waals surface area contributed by atoms with Crippen LogP contribution in [0.2, 0.25) is 5.02 Å². The number of pyridine rings is 1. The lowest BCUT2D eigenvalue weighted by molar-refractivity contribution is -0.0146. The van der Waals surface area contributed by atoms with Crippen LogP contribution >= 0.6 is 27.5 Å². The predicted octanol–water partition coefficient (Wildman–Crippen LogP) is 3.45. The first-order valence-electron chi connectivity index (χ1n) is 7.87. The molecular formula is C17H15BrClF3N4O3. The zero-order valence-corrected chi connectivity index (χ0v) is 16.9. The molecule has 5 N–H and O–H groups in total. The van der Waals surface area contributed by atoms with Gasteiger partial charge in [-0.1, -0.05) is 11.6 Å². The van der Waals surface area contributed by atoms with Gasteiger partial charge in [0.05, 0.1) is 16.1 Å². The third kappa shape index (κ3) is 5.17. The number of aromatic carboxylic acids is 1. The van der Waals surface area contributed by atoms with E-state index in [2.05, 4.69) is 25.9 Å². The summed E-state index contributed by atoms with van der Waals surface area (Å²) in [6.07, 6.45) is -1.59. The van der Waals surface area contributed by atoms with Gasteiger partial charge in [0.15, 0.2) is 11.2 Å². The molecule has 3 rings (SSSR count). The minimum atomic E-state index is -2.98. The highest BCUT2D eigenvalue weighted by atomic mass is 79.9. The second kappa shape index (κ2) is 9.42. The molecule has 1 aliphatic rings. The molecule has 12 heteroatoms. The number of carboxylic acid groups (broad SMARTS) is 1. The zero-order valence-electron chi connectivity index (χ0n) is 14.6. The standard InChI is InChI=1S/C11H11BrF3N3O.C6H4ClNO2/c12-7-2-5(16)1-6(9(7)13)11(10(14)15)4-19-3-8(17)18-11;7-4-2-1-3-8-5(4)6(9)10/h1-2,10H,3-4,16H2,(H2,17,18);1-3H,(H,9,10)/t11-;/m0./s1. The number of hydrogen-bond acceptors (Lipinski definition) is 6. The summed E-state index contributed by atoms with van der Waals surface area (Å²) < 4.78 is 45.9. The van der Waals surface area contributed by atoms with Crippen LogP contribution in [0.4, 0.5) is 18.9 Å². The van der Waals surface area contributed by atoms with E-state index in [4.69, 9.17) is 32.9 Å². The number of rotatable bonds is 3. The van der Waals surface area contributed by atoms with Crippen molar-refractivity contribution in [1.82, 2.24) is 4.98 Å². The van der Waals surface area contributed by atoms with Crippen LogP contribution in [0, 0.1) is 5.82 Å². The van der Waals surface area contributed by atoms with Crippen LogP contribution in [0.1, 0.15) is 16.1 Å². The second-order valence-electron chi connectivity index (χ2n) is 5.82. The summed E-state index contributed by atoms with van der Waals surface area (Å²) in [6, 6.07) is 5.47. The molecule has 0 radical (unpaired) electrons. The van der Waals surface area contributed by atoms with Gasteiger partial charge in [-0.15, -0.1) is 0 Å². The van der Waals surface area contributed by atoms with Crippen molar-refractivity contribution in [2.45, 2.75) is 12.0 Å². The summed E-state index contributed by atoms with van der Waals surface area (Å²) in [6.45, 7) is -0.516. The maximum absolute atomic E-state index is 14.1. The number of carboxylic acids is 1. The topological polar surface area (TPSA) is 124 Å². The van der Waals surface area contributed by atoms with E-state index in [1.807, 2.05) is 0 Å². The van der Waals surface area contributed by atoms with Crippen molar-refractivity contribution < 1.29 is 27.8 Å². The number of nitrogen functional groups attached to an aromatic ring is 1. The number of carbonyl (C=O) groups is 1. The monoisotopic (exact) mass is 494 g/mol. The van der Waals surface area contributed by atoms with Gasteiger partial charge in [0, 0.05) is 17.4 Å². The summed E-state index contributed by atoms with van der Waals surface area (Å²) in [5, 5.41) is 8.58. The second-order valence-corrected chi connectivity index (χ2v) is 7.09. The van der Waals surface area contributed by atoms with E-state index in [0.717, 1.165) is 6.07 Å². The number of nitrogens with two attached hydrogens (primary N) is 2. The summed E-state index contributed by atoms with van der Waals surface area (Å²) in [4.78, 5) is 17.6. The van der Waals surface area contributed by atoms with Crippen molar-refractivity contribution in [3.8, 4) is 0 Å². The van der Waals surface area contributed by atoms with Crippen LogP contribution in [0.15, 0.2) is 39.9 Å². The molecule has 2 heterocycles. The van der Waals surface area contributed by atoms with Crippen LogP contribution in [0.5, 0.6) is 0 Å². The molecule has 0 amide bonds. The number of aliphatic imine (C=N–C) groups is 1. The van der Waals surface area contributed by atoms with Crippen molar-refractivity contribution in [1.29, 1.82) is 0 Å². The number of anilines is 1. The molecule has 0 spiro atoms. The van der Waals surface area contributed by atoms with Gasteiger partial charge < -0.3 is 21.3 Å². The predicted molar refractivity (Wildman–Crippen MR) is 105 cm³/mol. The number of aromatic nitrogens is 1. The minimum Gasteiger partial charge on any atom is -0.476 e. The fourth-order valence-electron chi connectivity index (χ4n) is 2.47. The molecule has 29 heavy (non-hydrogen) atoms. The molecule has 0 fully saturated rings. The first-order valence-corrected chi connectivity index (χ1v) is 9.04. The van der Waals surface area contributed by atoms with E-state index in [1.165, 1.54) is 18.3 Å². The quantitative estimate of drug-likeness (QED) is 0.560. The maximum Gasteiger partial charge on any atom is 0.356 e. The van der Waals surface area contributed by atoms with Crippen LogP contribution in [0.3, 0.4) is 0 Å².